The molecule has 0 bridgehead atoms. The van der Waals surface area contributed by atoms with Crippen molar-refractivity contribution in [1.82, 2.24) is 9.97 Å². The lowest BCUT2D eigenvalue weighted by Gasteiger charge is -2.05. The van der Waals surface area contributed by atoms with Crippen LogP contribution in [0.3, 0.4) is 0 Å². The zero-order chi connectivity index (χ0) is 15.8. The molecule has 0 spiro atoms. The highest BCUT2D eigenvalue weighted by Gasteiger charge is 2.08. The molecule has 0 unspecified atom stereocenters. The summed E-state index contributed by atoms with van der Waals surface area (Å²) in [6.45, 7) is 4.67. The molecule has 2 aromatic rings. The van der Waals surface area contributed by atoms with Crippen LogP contribution in [0.1, 0.15) is 49.0 Å². The molecule has 4 nitrogen and oxygen atoms in total. The molecule has 0 aliphatic carbocycles. The van der Waals surface area contributed by atoms with Crippen molar-refractivity contribution in [3.8, 4) is 11.4 Å². The number of nitrogens with zero attached hydrogens (tertiary/aromatic N) is 2. The Balaban J connectivity index is 2.03. The molecular weight excluding hydrogens is 276 g/mol. The van der Waals surface area contributed by atoms with Crippen LogP contribution in [-0.2, 0) is 11.2 Å². The van der Waals surface area contributed by atoms with Crippen LogP contribution in [0.2, 0.25) is 0 Å². The molecule has 116 valence electrons. The summed E-state index contributed by atoms with van der Waals surface area (Å²) >= 11 is 0. The number of benzene rings is 1. The van der Waals surface area contributed by atoms with Gasteiger partial charge in [-0.05, 0) is 30.5 Å². The number of aromatic nitrogens is 2. The summed E-state index contributed by atoms with van der Waals surface area (Å²) in [7, 11) is 0. The van der Waals surface area contributed by atoms with E-state index in [1.165, 1.54) is 0 Å². The summed E-state index contributed by atoms with van der Waals surface area (Å²) in [5.74, 6) is 0.393. The number of aryl methyl sites for hydroxylation is 1. The smallest absolute Gasteiger partial charge is 0.338 e. The van der Waals surface area contributed by atoms with Crippen molar-refractivity contribution in [1.29, 1.82) is 0 Å². The third-order valence-corrected chi connectivity index (χ3v) is 3.35. The fourth-order valence-corrected chi connectivity index (χ4v) is 2.07. The van der Waals surface area contributed by atoms with Gasteiger partial charge < -0.3 is 4.74 Å². The van der Waals surface area contributed by atoms with Crippen LogP contribution in [0.25, 0.3) is 11.4 Å². The summed E-state index contributed by atoms with van der Waals surface area (Å²) in [6.07, 6.45) is 7.69. The minimum atomic E-state index is -0.279. The first-order valence-electron chi connectivity index (χ1n) is 7.83. The maximum Gasteiger partial charge on any atom is 0.338 e. The average Bonchev–Trinajstić information content (AvgIpc) is 2.56. The average molecular weight is 298 g/mol. The maximum atomic E-state index is 11.8. The maximum absolute atomic E-state index is 11.8. The number of carbonyl (C=O) groups is 1. The highest BCUT2D eigenvalue weighted by Crippen LogP contribution is 2.16. The van der Waals surface area contributed by atoms with Crippen molar-refractivity contribution in [2.75, 3.05) is 6.61 Å². The number of unbranched alkanes of at least 4 members (excludes halogenated alkanes) is 1. The largest absolute Gasteiger partial charge is 0.462 e. The van der Waals surface area contributed by atoms with Crippen molar-refractivity contribution in [3.05, 3.63) is 47.8 Å². The summed E-state index contributed by atoms with van der Waals surface area (Å²) < 4.78 is 5.19. The second kappa shape index (κ2) is 8.27. The van der Waals surface area contributed by atoms with Gasteiger partial charge in [-0.2, -0.15) is 0 Å². The minimum absolute atomic E-state index is 0.279. The number of rotatable bonds is 7. The third-order valence-electron chi connectivity index (χ3n) is 3.35. The summed E-state index contributed by atoms with van der Waals surface area (Å²) in [6, 6.07) is 7.22. The quantitative estimate of drug-likeness (QED) is 0.571. The second-order valence-electron chi connectivity index (χ2n) is 5.23. The lowest BCUT2D eigenvalue weighted by Crippen LogP contribution is -2.06. The fourth-order valence-electron chi connectivity index (χ4n) is 2.07. The molecule has 1 aromatic carbocycles. The van der Waals surface area contributed by atoms with E-state index in [-0.39, 0.29) is 5.97 Å². The van der Waals surface area contributed by atoms with Gasteiger partial charge in [0.15, 0.2) is 5.82 Å². The molecule has 0 aliphatic heterocycles. The first-order chi connectivity index (χ1) is 10.7. The van der Waals surface area contributed by atoms with Gasteiger partial charge in [-0.3, -0.25) is 0 Å². The Morgan fingerprint density at radius 3 is 2.32 bits per heavy atom. The van der Waals surface area contributed by atoms with Gasteiger partial charge in [-0.15, -0.1) is 0 Å². The molecule has 0 N–H and O–H groups in total. The molecule has 1 heterocycles. The van der Waals surface area contributed by atoms with Crippen molar-refractivity contribution >= 4 is 5.97 Å². The van der Waals surface area contributed by atoms with Crippen molar-refractivity contribution in [2.24, 2.45) is 0 Å². The Morgan fingerprint density at radius 2 is 1.73 bits per heavy atom. The third kappa shape index (κ3) is 4.38. The molecule has 0 saturated heterocycles. The van der Waals surface area contributed by atoms with E-state index in [0.29, 0.717) is 18.0 Å². The van der Waals surface area contributed by atoms with E-state index in [9.17, 15) is 4.79 Å². The number of carbonyl (C=O) groups excluding carboxylic acids is 1. The lowest BCUT2D eigenvalue weighted by atomic mass is 10.1. The van der Waals surface area contributed by atoms with Crippen molar-refractivity contribution in [3.63, 3.8) is 0 Å². The number of esters is 1. The number of hydrogen-bond acceptors (Lipinski definition) is 4. The molecule has 0 fully saturated rings. The summed E-state index contributed by atoms with van der Waals surface area (Å²) in [5.41, 5.74) is 2.60. The van der Waals surface area contributed by atoms with E-state index in [1.807, 2.05) is 24.5 Å². The number of hydrogen-bond donors (Lipinski definition) is 0. The van der Waals surface area contributed by atoms with Gasteiger partial charge in [0.1, 0.15) is 0 Å². The molecule has 0 radical (unpaired) electrons. The van der Waals surface area contributed by atoms with Crippen LogP contribution in [0.5, 0.6) is 0 Å². The first-order valence-corrected chi connectivity index (χ1v) is 7.83. The van der Waals surface area contributed by atoms with Crippen LogP contribution in [0.4, 0.5) is 0 Å². The lowest BCUT2D eigenvalue weighted by molar-refractivity contribution is 0.0500. The van der Waals surface area contributed by atoms with Gasteiger partial charge in [0.25, 0.3) is 0 Å². The van der Waals surface area contributed by atoms with Gasteiger partial charge in [-0.1, -0.05) is 38.8 Å². The normalized spacial score (nSPS) is 10.5. The molecule has 1 aromatic heterocycles. The highest BCUT2D eigenvalue weighted by molar-refractivity contribution is 5.89. The standard InChI is InChI=1S/C18H22N2O2/c1-3-5-11-22-18(21)16-9-7-15(8-10-16)17-19-12-14(6-4-2)13-20-17/h7-10,12-13H,3-6,11H2,1-2H3. The van der Waals surface area contributed by atoms with Gasteiger partial charge >= 0.3 is 5.97 Å². The molecular formula is C18H22N2O2. The van der Waals surface area contributed by atoms with Crippen LogP contribution < -0.4 is 0 Å². The fraction of sp³-hybridized carbons (Fsp3) is 0.389. The van der Waals surface area contributed by atoms with Crippen molar-refractivity contribution < 1.29 is 9.53 Å². The Labute approximate surface area is 131 Å². The predicted molar refractivity (Wildman–Crippen MR) is 86.7 cm³/mol. The van der Waals surface area contributed by atoms with Crippen LogP contribution in [0.15, 0.2) is 36.7 Å². The Hall–Kier alpha value is -2.23. The second-order valence-corrected chi connectivity index (χ2v) is 5.23. The molecule has 4 heteroatoms. The molecule has 0 saturated carbocycles. The zero-order valence-corrected chi connectivity index (χ0v) is 13.2. The molecule has 0 aliphatic rings. The predicted octanol–water partition coefficient (Wildman–Crippen LogP) is 4.05. The van der Waals surface area contributed by atoms with Gasteiger partial charge in [-0.25, -0.2) is 14.8 Å². The topological polar surface area (TPSA) is 52.1 Å². The van der Waals surface area contributed by atoms with Crippen LogP contribution in [0, 0.1) is 0 Å². The van der Waals surface area contributed by atoms with E-state index in [1.54, 1.807) is 12.1 Å². The highest BCUT2D eigenvalue weighted by atomic mass is 16.5. The van der Waals surface area contributed by atoms with E-state index in [4.69, 9.17) is 4.74 Å². The zero-order valence-electron chi connectivity index (χ0n) is 13.2. The van der Waals surface area contributed by atoms with E-state index >= 15 is 0 Å². The van der Waals surface area contributed by atoms with Gasteiger partial charge in [0.2, 0.25) is 0 Å². The van der Waals surface area contributed by atoms with E-state index in [2.05, 4.69) is 23.8 Å². The monoisotopic (exact) mass is 298 g/mol. The van der Waals surface area contributed by atoms with E-state index < -0.39 is 0 Å². The minimum Gasteiger partial charge on any atom is -0.462 e. The van der Waals surface area contributed by atoms with Gasteiger partial charge in [0, 0.05) is 18.0 Å². The van der Waals surface area contributed by atoms with Crippen LogP contribution in [-0.4, -0.2) is 22.5 Å². The molecule has 0 amide bonds. The SMILES string of the molecule is CCCCOC(=O)c1ccc(-c2ncc(CCC)cn2)cc1. The Morgan fingerprint density at radius 1 is 1.05 bits per heavy atom. The van der Waals surface area contributed by atoms with Crippen LogP contribution >= 0.6 is 0 Å². The summed E-state index contributed by atoms with van der Waals surface area (Å²) in [5, 5.41) is 0. The molecule has 2 rings (SSSR count). The first kappa shape index (κ1) is 16.1. The summed E-state index contributed by atoms with van der Waals surface area (Å²) in [4.78, 5) is 20.6. The Bertz CT molecular complexity index is 591. The molecule has 0 atom stereocenters. The molecule has 22 heavy (non-hydrogen) atoms. The van der Waals surface area contributed by atoms with Gasteiger partial charge in [0.05, 0.1) is 12.2 Å². The van der Waals surface area contributed by atoms with E-state index in [0.717, 1.165) is 36.8 Å². The number of ether oxygens (including phenoxy) is 1. The Kier molecular flexibility index (Phi) is 6.07. The van der Waals surface area contributed by atoms with Crippen molar-refractivity contribution in [2.45, 2.75) is 39.5 Å².